The lowest BCUT2D eigenvalue weighted by Crippen LogP contribution is -2.56. The van der Waals surface area contributed by atoms with Crippen molar-refractivity contribution in [1.29, 1.82) is 0 Å². The van der Waals surface area contributed by atoms with Crippen molar-refractivity contribution in [1.82, 2.24) is 4.90 Å². The van der Waals surface area contributed by atoms with E-state index in [1.807, 2.05) is 6.92 Å². The Bertz CT molecular complexity index is 166. The monoisotopic (exact) mass is 172 g/mol. The van der Waals surface area contributed by atoms with Crippen LogP contribution in [0.5, 0.6) is 0 Å². The van der Waals surface area contributed by atoms with Crippen molar-refractivity contribution in [2.75, 3.05) is 19.7 Å². The number of hydrogen-bond donors (Lipinski definition) is 2. The number of carbonyl (C=O) groups excluding carboxylic acids is 1. The molecule has 1 aliphatic heterocycles. The summed E-state index contributed by atoms with van der Waals surface area (Å²) in [7, 11) is 0. The Morgan fingerprint density at radius 2 is 2.33 bits per heavy atom. The van der Waals surface area contributed by atoms with Gasteiger partial charge in [-0.25, -0.2) is 0 Å². The van der Waals surface area contributed by atoms with Crippen LogP contribution in [0.1, 0.15) is 13.3 Å². The Morgan fingerprint density at radius 1 is 1.75 bits per heavy atom. The number of nitrogens with two attached hydrogens (primary N) is 1. The summed E-state index contributed by atoms with van der Waals surface area (Å²) in [5, 5.41) is 8.71. The van der Waals surface area contributed by atoms with Crippen LogP contribution in [0.15, 0.2) is 0 Å². The van der Waals surface area contributed by atoms with Gasteiger partial charge in [0.1, 0.15) is 0 Å². The van der Waals surface area contributed by atoms with Gasteiger partial charge in [0.2, 0.25) is 5.91 Å². The van der Waals surface area contributed by atoms with Gasteiger partial charge in [0.25, 0.3) is 0 Å². The van der Waals surface area contributed by atoms with Gasteiger partial charge >= 0.3 is 0 Å². The topological polar surface area (TPSA) is 66.6 Å². The third kappa shape index (κ3) is 1.76. The molecule has 70 valence electrons. The van der Waals surface area contributed by atoms with E-state index in [-0.39, 0.29) is 24.5 Å². The molecule has 0 saturated carbocycles. The second-order valence-corrected chi connectivity index (χ2v) is 3.31. The Balaban J connectivity index is 2.28. The van der Waals surface area contributed by atoms with E-state index in [0.29, 0.717) is 19.5 Å². The fourth-order valence-corrected chi connectivity index (χ4v) is 1.27. The highest BCUT2D eigenvalue weighted by molar-refractivity contribution is 5.82. The lowest BCUT2D eigenvalue weighted by Gasteiger charge is -2.39. The first-order valence-electron chi connectivity index (χ1n) is 4.34. The average molecular weight is 172 g/mol. The lowest BCUT2D eigenvalue weighted by atomic mass is 10.00. The standard InChI is InChI=1S/C8H16N2O2/c1-2-7(9)8(12)10-3-6(4-10)5-11/h6-7,11H,2-5,9H2,1H3/t7-/m0/s1. The Labute approximate surface area is 72.3 Å². The van der Waals surface area contributed by atoms with Crippen LogP contribution in [-0.4, -0.2) is 41.7 Å². The highest BCUT2D eigenvalue weighted by Crippen LogP contribution is 2.15. The van der Waals surface area contributed by atoms with Crippen LogP contribution in [0, 0.1) is 5.92 Å². The molecule has 0 aliphatic carbocycles. The van der Waals surface area contributed by atoms with Crippen molar-refractivity contribution in [2.45, 2.75) is 19.4 Å². The van der Waals surface area contributed by atoms with Crippen molar-refractivity contribution in [2.24, 2.45) is 11.7 Å². The minimum atomic E-state index is -0.357. The maximum Gasteiger partial charge on any atom is 0.239 e. The number of nitrogens with zero attached hydrogens (tertiary/aromatic N) is 1. The van der Waals surface area contributed by atoms with Gasteiger partial charge in [0.05, 0.1) is 6.04 Å². The minimum Gasteiger partial charge on any atom is -0.396 e. The van der Waals surface area contributed by atoms with Crippen LogP contribution in [0.25, 0.3) is 0 Å². The summed E-state index contributed by atoms with van der Waals surface area (Å²) in [6.07, 6.45) is 0.680. The molecule has 1 amide bonds. The minimum absolute atomic E-state index is 0.0159. The van der Waals surface area contributed by atoms with E-state index in [1.165, 1.54) is 0 Å². The quantitative estimate of drug-likeness (QED) is 0.584. The van der Waals surface area contributed by atoms with E-state index in [2.05, 4.69) is 0 Å². The fourth-order valence-electron chi connectivity index (χ4n) is 1.27. The Kier molecular flexibility index (Phi) is 3.05. The zero-order chi connectivity index (χ0) is 9.14. The van der Waals surface area contributed by atoms with Gasteiger partial charge in [-0.2, -0.15) is 0 Å². The van der Waals surface area contributed by atoms with Crippen LogP contribution >= 0.6 is 0 Å². The van der Waals surface area contributed by atoms with Gasteiger partial charge in [-0.1, -0.05) is 6.92 Å². The molecule has 0 unspecified atom stereocenters. The number of amides is 1. The second-order valence-electron chi connectivity index (χ2n) is 3.31. The molecule has 1 rings (SSSR count). The molecule has 0 aromatic rings. The molecule has 0 aromatic heterocycles. The SMILES string of the molecule is CC[C@H](N)C(=O)N1CC(CO)C1. The summed E-state index contributed by atoms with van der Waals surface area (Å²) in [5.74, 6) is 0.292. The molecule has 1 saturated heterocycles. The van der Waals surface area contributed by atoms with E-state index < -0.39 is 0 Å². The van der Waals surface area contributed by atoms with Crippen LogP contribution in [0.2, 0.25) is 0 Å². The highest BCUT2D eigenvalue weighted by atomic mass is 16.3. The van der Waals surface area contributed by atoms with E-state index in [9.17, 15) is 4.79 Å². The van der Waals surface area contributed by atoms with E-state index in [4.69, 9.17) is 10.8 Å². The molecule has 4 heteroatoms. The summed E-state index contributed by atoms with van der Waals surface area (Å²) < 4.78 is 0. The molecule has 3 N–H and O–H groups in total. The zero-order valence-electron chi connectivity index (χ0n) is 7.36. The first-order valence-corrected chi connectivity index (χ1v) is 4.34. The number of aliphatic hydroxyl groups is 1. The summed E-state index contributed by atoms with van der Waals surface area (Å²) >= 11 is 0. The van der Waals surface area contributed by atoms with Crippen LogP contribution in [0.3, 0.4) is 0 Å². The molecular formula is C8H16N2O2. The van der Waals surface area contributed by atoms with Gasteiger partial charge in [-0.3, -0.25) is 4.79 Å². The van der Waals surface area contributed by atoms with Crippen molar-refractivity contribution in [3.63, 3.8) is 0 Å². The van der Waals surface area contributed by atoms with Gasteiger partial charge in [0.15, 0.2) is 0 Å². The number of likely N-dealkylation sites (tertiary alicyclic amines) is 1. The summed E-state index contributed by atoms with van der Waals surface area (Å²) in [6, 6.07) is -0.357. The number of aliphatic hydroxyl groups excluding tert-OH is 1. The normalized spacial score (nSPS) is 20.4. The summed E-state index contributed by atoms with van der Waals surface area (Å²) in [6.45, 7) is 3.41. The number of hydrogen-bond acceptors (Lipinski definition) is 3. The first-order chi connectivity index (χ1) is 5.69. The molecule has 0 aromatic carbocycles. The predicted molar refractivity (Wildman–Crippen MR) is 45.4 cm³/mol. The largest absolute Gasteiger partial charge is 0.396 e. The van der Waals surface area contributed by atoms with Crippen molar-refractivity contribution >= 4 is 5.91 Å². The third-order valence-electron chi connectivity index (χ3n) is 2.28. The summed E-state index contributed by atoms with van der Waals surface area (Å²) in [4.78, 5) is 13.0. The maximum atomic E-state index is 11.3. The van der Waals surface area contributed by atoms with Crippen molar-refractivity contribution in [3.05, 3.63) is 0 Å². The molecule has 1 fully saturated rings. The lowest BCUT2D eigenvalue weighted by molar-refractivity contribution is -0.139. The molecule has 12 heavy (non-hydrogen) atoms. The molecule has 1 heterocycles. The number of rotatable bonds is 3. The average Bonchev–Trinajstić information content (AvgIpc) is 2.01. The van der Waals surface area contributed by atoms with Gasteiger partial charge in [-0.05, 0) is 6.42 Å². The molecule has 0 radical (unpaired) electrons. The molecule has 4 nitrogen and oxygen atoms in total. The van der Waals surface area contributed by atoms with Gasteiger partial charge in [-0.15, -0.1) is 0 Å². The summed E-state index contributed by atoms with van der Waals surface area (Å²) in [5.41, 5.74) is 5.56. The van der Waals surface area contributed by atoms with E-state index in [1.54, 1.807) is 4.90 Å². The molecule has 1 atom stereocenters. The smallest absolute Gasteiger partial charge is 0.239 e. The Hall–Kier alpha value is -0.610. The van der Waals surface area contributed by atoms with Gasteiger partial charge in [0, 0.05) is 25.6 Å². The zero-order valence-corrected chi connectivity index (χ0v) is 7.36. The predicted octanol–water partition coefficient (Wildman–Crippen LogP) is -0.826. The van der Waals surface area contributed by atoms with Crippen LogP contribution in [0.4, 0.5) is 0 Å². The third-order valence-corrected chi connectivity index (χ3v) is 2.28. The van der Waals surface area contributed by atoms with Crippen molar-refractivity contribution in [3.8, 4) is 0 Å². The number of carbonyl (C=O) groups is 1. The molecular weight excluding hydrogens is 156 g/mol. The maximum absolute atomic E-state index is 11.3. The van der Waals surface area contributed by atoms with E-state index in [0.717, 1.165) is 0 Å². The Morgan fingerprint density at radius 3 is 2.75 bits per heavy atom. The second kappa shape index (κ2) is 3.87. The van der Waals surface area contributed by atoms with E-state index >= 15 is 0 Å². The molecule has 0 spiro atoms. The first kappa shape index (κ1) is 9.48. The van der Waals surface area contributed by atoms with Gasteiger partial charge < -0.3 is 15.7 Å². The molecule has 1 aliphatic rings. The molecule has 0 bridgehead atoms. The van der Waals surface area contributed by atoms with Crippen LogP contribution < -0.4 is 5.73 Å². The van der Waals surface area contributed by atoms with Crippen LogP contribution in [-0.2, 0) is 4.79 Å². The fraction of sp³-hybridized carbons (Fsp3) is 0.875. The van der Waals surface area contributed by atoms with Crippen molar-refractivity contribution < 1.29 is 9.90 Å². The highest BCUT2D eigenvalue weighted by Gasteiger charge is 2.31.